The molecule has 0 amide bonds. The van der Waals surface area contributed by atoms with Gasteiger partial charge in [0.25, 0.3) is 0 Å². The average Bonchev–Trinajstić information content (AvgIpc) is 2.03. The molecule has 0 saturated carbocycles. The molecule has 0 rings (SSSR count). The summed E-state index contributed by atoms with van der Waals surface area (Å²) in [6, 6.07) is 0. The molecule has 2 unspecified atom stereocenters. The summed E-state index contributed by atoms with van der Waals surface area (Å²) >= 11 is 0. The molecule has 2 atom stereocenters. The van der Waals surface area contributed by atoms with Crippen molar-refractivity contribution in [1.82, 2.24) is 0 Å². The van der Waals surface area contributed by atoms with Gasteiger partial charge in [-0.1, -0.05) is 0 Å². The van der Waals surface area contributed by atoms with Crippen LogP contribution in [0.15, 0.2) is 0 Å². The van der Waals surface area contributed by atoms with Crippen LogP contribution in [0.3, 0.4) is 0 Å². The van der Waals surface area contributed by atoms with Crippen molar-refractivity contribution in [1.29, 1.82) is 0 Å². The predicted octanol–water partition coefficient (Wildman–Crippen LogP) is 1.73. The Morgan fingerprint density at radius 2 is 1.71 bits per heavy atom. The second kappa shape index (κ2) is 7.76. The molecule has 0 aliphatic carbocycles. The molecule has 0 aliphatic heterocycles. The first-order chi connectivity index (χ1) is 6.60. The highest BCUT2D eigenvalue weighted by molar-refractivity contribution is 5.69. The van der Waals surface area contributed by atoms with Crippen molar-refractivity contribution in [3.8, 4) is 0 Å². The smallest absolute Gasteiger partial charge is 0.310 e. The van der Waals surface area contributed by atoms with Crippen LogP contribution in [-0.2, 0) is 19.0 Å². The van der Waals surface area contributed by atoms with Crippen molar-refractivity contribution in [2.45, 2.75) is 46.5 Å². The zero-order valence-corrected chi connectivity index (χ0v) is 9.41. The van der Waals surface area contributed by atoms with Crippen LogP contribution in [0, 0.1) is 0 Å². The molecule has 0 spiro atoms. The maximum Gasteiger partial charge on any atom is 0.310 e. The van der Waals surface area contributed by atoms with Gasteiger partial charge in [-0.2, -0.15) is 0 Å². The van der Waals surface area contributed by atoms with Gasteiger partial charge in [0.05, 0.1) is 12.5 Å². The topological polar surface area (TPSA) is 44.8 Å². The quantitative estimate of drug-likeness (QED) is 0.468. The zero-order valence-electron chi connectivity index (χ0n) is 9.41. The Kier molecular flexibility index (Phi) is 7.42. The monoisotopic (exact) mass is 204 g/mol. The van der Waals surface area contributed by atoms with Crippen molar-refractivity contribution in [3.05, 3.63) is 0 Å². The van der Waals surface area contributed by atoms with Gasteiger partial charge in [0.2, 0.25) is 0 Å². The molecule has 0 aromatic rings. The van der Waals surface area contributed by atoms with Crippen molar-refractivity contribution in [2.24, 2.45) is 0 Å². The normalized spacial score (nSPS) is 14.9. The van der Waals surface area contributed by atoms with Crippen molar-refractivity contribution >= 4 is 5.97 Å². The molecule has 14 heavy (non-hydrogen) atoms. The van der Waals surface area contributed by atoms with E-state index in [0.717, 1.165) is 0 Å². The first-order valence-corrected chi connectivity index (χ1v) is 5.02. The van der Waals surface area contributed by atoms with E-state index in [9.17, 15) is 4.79 Å². The summed E-state index contributed by atoms with van der Waals surface area (Å²) < 4.78 is 15.2. The van der Waals surface area contributed by atoms with Crippen LogP contribution in [0.2, 0.25) is 0 Å². The number of carbonyl (C=O) groups is 1. The van der Waals surface area contributed by atoms with Gasteiger partial charge in [-0.15, -0.1) is 0 Å². The van der Waals surface area contributed by atoms with Crippen LogP contribution in [0.25, 0.3) is 0 Å². The molecule has 0 saturated heterocycles. The lowest BCUT2D eigenvalue weighted by Gasteiger charge is -2.15. The van der Waals surface area contributed by atoms with Gasteiger partial charge in [-0.25, -0.2) is 0 Å². The Labute approximate surface area is 85.5 Å². The van der Waals surface area contributed by atoms with Crippen molar-refractivity contribution in [3.63, 3.8) is 0 Å². The Balaban J connectivity index is 3.63. The fraction of sp³-hybridized carbons (Fsp3) is 0.900. The molecule has 84 valence electrons. The molecular weight excluding hydrogens is 184 g/mol. The fourth-order valence-corrected chi connectivity index (χ4v) is 1.08. The van der Waals surface area contributed by atoms with Crippen molar-refractivity contribution < 1.29 is 19.0 Å². The molecule has 0 aromatic heterocycles. The van der Waals surface area contributed by atoms with E-state index in [-0.39, 0.29) is 18.5 Å². The highest BCUT2D eigenvalue weighted by Gasteiger charge is 2.13. The Bertz CT molecular complexity index is 142. The lowest BCUT2D eigenvalue weighted by atomic mass is 10.3. The molecule has 4 heteroatoms. The first-order valence-electron chi connectivity index (χ1n) is 5.02. The lowest BCUT2D eigenvalue weighted by Crippen LogP contribution is -2.22. The number of carbonyl (C=O) groups excluding carboxylic acids is 1. The molecule has 0 fully saturated rings. The predicted molar refractivity (Wildman–Crippen MR) is 52.9 cm³/mol. The summed E-state index contributed by atoms with van der Waals surface area (Å²) in [6.45, 7) is 8.44. The van der Waals surface area contributed by atoms with Gasteiger partial charge in [0.1, 0.15) is 0 Å². The van der Waals surface area contributed by atoms with Gasteiger partial charge >= 0.3 is 5.97 Å². The summed E-state index contributed by atoms with van der Waals surface area (Å²) in [5.74, 6) is -0.285. The van der Waals surface area contributed by atoms with E-state index in [1.807, 2.05) is 20.8 Å². The minimum absolute atomic E-state index is 0.0960. The van der Waals surface area contributed by atoms with E-state index in [1.165, 1.54) is 0 Å². The zero-order chi connectivity index (χ0) is 11.0. The number of ether oxygens (including phenoxy) is 3. The van der Waals surface area contributed by atoms with E-state index in [2.05, 4.69) is 0 Å². The summed E-state index contributed by atoms with van der Waals surface area (Å²) in [6.07, 6.45) is -0.298. The maximum absolute atomic E-state index is 11.2. The molecule has 0 N–H and O–H groups in total. The van der Waals surface area contributed by atoms with Gasteiger partial charge in [-0.3, -0.25) is 4.79 Å². The van der Waals surface area contributed by atoms with Gasteiger partial charge in [-0.05, 0) is 27.7 Å². The molecule has 0 bridgehead atoms. The minimum atomic E-state index is -0.471. The molecule has 0 radical (unpaired) electrons. The van der Waals surface area contributed by atoms with Gasteiger partial charge in [0, 0.05) is 13.2 Å². The molecule has 0 aliphatic rings. The summed E-state index contributed by atoms with van der Waals surface area (Å²) in [4.78, 5) is 11.2. The fourth-order valence-electron chi connectivity index (χ4n) is 1.08. The highest BCUT2D eigenvalue weighted by atomic mass is 16.7. The Hall–Kier alpha value is -0.610. The Morgan fingerprint density at radius 3 is 2.21 bits per heavy atom. The third-order valence-electron chi connectivity index (χ3n) is 1.60. The minimum Gasteiger partial charge on any atom is -0.436 e. The van der Waals surface area contributed by atoms with E-state index < -0.39 is 6.29 Å². The largest absolute Gasteiger partial charge is 0.436 e. The standard InChI is InChI=1S/C10H20O4/c1-5-12-8(3)7-10(11)14-9(4)13-6-2/h8-9H,5-7H2,1-4H3. The average molecular weight is 204 g/mol. The second-order valence-electron chi connectivity index (χ2n) is 2.98. The second-order valence-corrected chi connectivity index (χ2v) is 2.98. The van der Waals surface area contributed by atoms with Crippen LogP contribution in [0.4, 0.5) is 0 Å². The summed E-state index contributed by atoms with van der Waals surface area (Å²) in [7, 11) is 0. The third kappa shape index (κ3) is 6.86. The van der Waals surface area contributed by atoms with E-state index in [4.69, 9.17) is 14.2 Å². The van der Waals surface area contributed by atoms with Crippen LogP contribution >= 0.6 is 0 Å². The number of hydrogen-bond acceptors (Lipinski definition) is 4. The molecule has 4 nitrogen and oxygen atoms in total. The Morgan fingerprint density at radius 1 is 1.14 bits per heavy atom. The highest BCUT2D eigenvalue weighted by Crippen LogP contribution is 2.02. The maximum atomic E-state index is 11.2. The van der Waals surface area contributed by atoms with Crippen LogP contribution in [0.1, 0.15) is 34.1 Å². The van der Waals surface area contributed by atoms with Crippen LogP contribution in [0.5, 0.6) is 0 Å². The number of rotatable bonds is 7. The van der Waals surface area contributed by atoms with Crippen molar-refractivity contribution in [2.75, 3.05) is 13.2 Å². The molecular formula is C10H20O4. The first kappa shape index (κ1) is 13.4. The van der Waals surface area contributed by atoms with Crippen LogP contribution in [-0.4, -0.2) is 31.6 Å². The number of hydrogen-bond donors (Lipinski definition) is 0. The molecule has 0 heterocycles. The lowest BCUT2D eigenvalue weighted by molar-refractivity contribution is -0.176. The summed E-state index contributed by atoms with van der Waals surface area (Å²) in [5, 5.41) is 0. The van der Waals surface area contributed by atoms with E-state index in [1.54, 1.807) is 6.92 Å². The molecule has 0 aromatic carbocycles. The number of esters is 1. The third-order valence-corrected chi connectivity index (χ3v) is 1.60. The van der Waals surface area contributed by atoms with Gasteiger partial charge in [0.15, 0.2) is 6.29 Å². The van der Waals surface area contributed by atoms with E-state index >= 15 is 0 Å². The SMILES string of the molecule is CCOC(C)CC(=O)OC(C)OCC. The van der Waals surface area contributed by atoms with E-state index in [0.29, 0.717) is 13.2 Å². The van der Waals surface area contributed by atoms with Gasteiger partial charge < -0.3 is 14.2 Å². The summed E-state index contributed by atoms with van der Waals surface area (Å²) in [5.41, 5.74) is 0. The van der Waals surface area contributed by atoms with Crippen LogP contribution < -0.4 is 0 Å².